The average Bonchev–Trinajstić information content (AvgIpc) is 2.74. The third-order valence-corrected chi connectivity index (χ3v) is 3.13. The third-order valence-electron chi connectivity index (χ3n) is 2.19. The van der Waals surface area contributed by atoms with Crippen LogP contribution in [0, 0.1) is 5.41 Å². The minimum absolute atomic E-state index is 0.162. The van der Waals surface area contributed by atoms with Crippen molar-refractivity contribution in [2.45, 2.75) is 13.8 Å². The van der Waals surface area contributed by atoms with Gasteiger partial charge in [0, 0.05) is 13.6 Å². The molecule has 0 aromatic carbocycles. The molecule has 1 rings (SSSR count). The number of aromatic nitrogens is 2. The number of hydrogen-bond donors (Lipinski definition) is 3. The molecule has 0 aliphatic rings. The molecular formula is C9H15N5O2S. The highest BCUT2D eigenvalue weighted by Gasteiger charge is 2.26. The van der Waals surface area contributed by atoms with Crippen LogP contribution in [0.1, 0.15) is 23.6 Å². The van der Waals surface area contributed by atoms with Crippen molar-refractivity contribution >= 4 is 28.3 Å². The molecule has 0 bridgehead atoms. The zero-order valence-electron chi connectivity index (χ0n) is 9.90. The van der Waals surface area contributed by atoms with Crippen molar-refractivity contribution in [3.8, 4) is 0 Å². The summed E-state index contributed by atoms with van der Waals surface area (Å²) in [5.74, 6) is -0.829. The summed E-state index contributed by atoms with van der Waals surface area (Å²) in [6.07, 6.45) is 0. The number of primary amides is 1. The van der Waals surface area contributed by atoms with Gasteiger partial charge in [-0.1, -0.05) is 11.3 Å². The van der Waals surface area contributed by atoms with E-state index in [2.05, 4.69) is 20.8 Å². The van der Waals surface area contributed by atoms with E-state index >= 15 is 0 Å². The van der Waals surface area contributed by atoms with E-state index in [4.69, 9.17) is 5.73 Å². The fraction of sp³-hybridized carbons (Fsp3) is 0.556. The van der Waals surface area contributed by atoms with E-state index in [9.17, 15) is 9.59 Å². The van der Waals surface area contributed by atoms with Crippen LogP contribution < -0.4 is 16.4 Å². The summed E-state index contributed by atoms with van der Waals surface area (Å²) >= 11 is 1.14. The molecule has 1 aromatic rings. The Bertz CT molecular complexity index is 429. The molecule has 8 heteroatoms. The molecule has 2 amide bonds. The molecule has 7 nitrogen and oxygen atoms in total. The van der Waals surface area contributed by atoms with Gasteiger partial charge in [-0.15, -0.1) is 10.2 Å². The van der Waals surface area contributed by atoms with E-state index in [1.54, 1.807) is 20.9 Å². The van der Waals surface area contributed by atoms with Crippen molar-refractivity contribution in [1.29, 1.82) is 0 Å². The standard InChI is InChI=1S/C9H15N5O2S/c1-9(2,7(10)16)4-12-5(15)6-13-14-8(11-3)17-6/h4H2,1-3H3,(H2,10,16)(H,11,14)(H,12,15). The van der Waals surface area contributed by atoms with Gasteiger partial charge in [0.25, 0.3) is 5.91 Å². The van der Waals surface area contributed by atoms with Gasteiger partial charge in [0.2, 0.25) is 16.0 Å². The van der Waals surface area contributed by atoms with Crippen LogP contribution in [0.15, 0.2) is 0 Å². The van der Waals surface area contributed by atoms with E-state index in [1.165, 1.54) is 0 Å². The van der Waals surface area contributed by atoms with Crippen molar-refractivity contribution < 1.29 is 9.59 Å². The highest BCUT2D eigenvalue weighted by Crippen LogP contribution is 2.15. The highest BCUT2D eigenvalue weighted by atomic mass is 32.1. The lowest BCUT2D eigenvalue weighted by Crippen LogP contribution is -2.42. The van der Waals surface area contributed by atoms with Gasteiger partial charge in [-0.25, -0.2) is 0 Å². The second-order valence-corrected chi connectivity index (χ2v) is 5.07. The van der Waals surface area contributed by atoms with E-state index in [1.807, 2.05) is 0 Å². The maximum Gasteiger partial charge on any atom is 0.282 e. The molecule has 17 heavy (non-hydrogen) atoms. The topological polar surface area (TPSA) is 110 Å². The first-order valence-electron chi connectivity index (χ1n) is 4.96. The van der Waals surface area contributed by atoms with Gasteiger partial charge < -0.3 is 16.4 Å². The summed E-state index contributed by atoms with van der Waals surface area (Å²) in [4.78, 5) is 22.7. The lowest BCUT2D eigenvalue weighted by molar-refractivity contribution is -0.125. The molecule has 94 valence electrons. The Morgan fingerprint density at radius 1 is 1.41 bits per heavy atom. The van der Waals surface area contributed by atoms with Crippen LogP contribution in [0.5, 0.6) is 0 Å². The van der Waals surface area contributed by atoms with Crippen LogP contribution >= 0.6 is 11.3 Å². The summed E-state index contributed by atoms with van der Waals surface area (Å²) in [7, 11) is 1.69. The Morgan fingerprint density at radius 3 is 2.53 bits per heavy atom. The lowest BCUT2D eigenvalue weighted by Gasteiger charge is -2.20. The summed E-state index contributed by atoms with van der Waals surface area (Å²) in [5, 5.41) is 13.6. The van der Waals surface area contributed by atoms with Crippen molar-refractivity contribution in [2.75, 3.05) is 18.9 Å². The number of nitrogens with zero attached hydrogens (tertiary/aromatic N) is 2. The monoisotopic (exact) mass is 257 g/mol. The molecule has 1 heterocycles. The number of hydrogen-bond acceptors (Lipinski definition) is 6. The Labute approximate surface area is 103 Å². The van der Waals surface area contributed by atoms with Crippen molar-refractivity contribution in [3.63, 3.8) is 0 Å². The summed E-state index contributed by atoms with van der Waals surface area (Å²) < 4.78 is 0. The Morgan fingerprint density at radius 2 is 2.06 bits per heavy atom. The molecule has 1 aromatic heterocycles. The number of amides is 2. The maximum absolute atomic E-state index is 11.7. The van der Waals surface area contributed by atoms with Gasteiger partial charge in [0.1, 0.15) is 0 Å². The zero-order valence-corrected chi connectivity index (χ0v) is 10.7. The van der Waals surface area contributed by atoms with Crippen LogP contribution in [0.4, 0.5) is 5.13 Å². The van der Waals surface area contributed by atoms with Gasteiger partial charge in [-0.3, -0.25) is 9.59 Å². The van der Waals surface area contributed by atoms with E-state index < -0.39 is 11.3 Å². The first kappa shape index (κ1) is 13.4. The first-order valence-corrected chi connectivity index (χ1v) is 5.78. The predicted octanol–water partition coefficient (Wildman–Crippen LogP) is -0.179. The normalized spacial score (nSPS) is 11.0. The number of rotatable bonds is 5. The largest absolute Gasteiger partial charge is 0.369 e. The second-order valence-electron chi connectivity index (χ2n) is 4.09. The molecule has 0 aliphatic carbocycles. The second kappa shape index (κ2) is 5.09. The minimum atomic E-state index is -0.786. The molecule has 0 aliphatic heterocycles. The quantitative estimate of drug-likeness (QED) is 0.678. The van der Waals surface area contributed by atoms with Gasteiger partial charge >= 0.3 is 0 Å². The van der Waals surface area contributed by atoms with Crippen molar-refractivity contribution in [3.05, 3.63) is 5.01 Å². The summed E-state index contributed by atoms with van der Waals surface area (Å²) in [6.45, 7) is 3.49. The number of carbonyl (C=O) groups excluding carboxylic acids is 2. The SMILES string of the molecule is CNc1nnc(C(=O)NCC(C)(C)C(N)=O)s1. The first-order chi connectivity index (χ1) is 7.86. The van der Waals surface area contributed by atoms with E-state index in [0.29, 0.717) is 5.13 Å². The minimum Gasteiger partial charge on any atom is -0.369 e. The number of nitrogens with one attached hydrogen (secondary N) is 2. The van der Waals surface area contributed by atoms with Crippen LogP contribution in [0.25, 0.3) is 0 Å². The van der Waals surface area contributed by atoms with Crippen molar-refractivity contribution in [2.24, 2.45) is 11.1 Å². The maximum atomic E-state index is 11.7. The molecule has 0 atom stereocenters. The molecule has 0 fully saturated rings. The molecular weight excluding hydrogens is 242 g/mol. The van der Waals surface area contributed by atoms with Gasteiger partial charge in [-0.05, 0) is 13.8 Å². The smallest absolute Gasteiger partial charge is 0.282 e. The van der Waals surface area contributed by atoms with E-state index in [-0.39, 0.29) is 17.5 Å². The molecule has 4 N–H and O–H groups in total. The molecule has 0 spiro atoms. The third kappa shape index (κ3) is 3.38. The number of nitrogens with two attached hydrogens (primary N) is 1. The number of anilines is 1. The molecule has 0 unspecified atom stereocenters. The van der Waals surface area contributed by atoms with Crippen LogP contribution in [-0.4, -0.2) is 35.6 Å². The van der Waals surface area contributed by atoms with Gasteiger partial charge in [0.15, 0.2) is 0 Å². The van der Waals surface area contributed by atoms with Crippen molar-refractivity contribution in [1.82, 2.24) is 15.5 Å². The van der Waals surface area contributed by atoms with Gasteiger partial charge in [0.05, 0.1) is 5.41 Å². The zero-order chi connectivity index (χ0) is 13.1. The fourth-order valence-electron chi connectivity index (χ4n) is 0.880. The van der Waals surface area contributed by atoms with Crippen LogP contribution in [0.2, 0.25) is 0 Å². The number of carbonyl (C=O) groups is 2. The van der Waals surface area contributed by atoms with Gasteiger partial charge in [-0.2, -0.15) is 0 Å². The lowest BCUT2D eigenvalue weighted by atomic mass is 9.93. The summed E-state index contributed by atoms with van der Waals surface area (Å²) in [5.41, 5.74) is 4.41. The summed E-state index contributed by atoms with van der Waals surface area (Å²) in [6, 6.07) is 0. The molecule has 0 saturated heterocycles. The molecule has 0 radical (unpaired) electrons. The average molecular weight is 257 g/mol. The predicted molar refractivity (Wildman–Crippen MR) is 64.8 cm³/mol. The molecule has 0 saturated carbocycles. The van der Waals surface area contributed by atoms with E-state index in [0.717, 1.165) is 11.3 Å². The van der Waals surface area contributed by atoms with Crippen LogP contribution in [0.3, 0.4) is 0 Å². The Hall–Kier alpha value is -1.70. The Kier molecular flexibility index (Phi) is 4.00. The van der Waals surface area contributed by atoms with Crippen LogP contribution in [-0.2, 0) is 4.79 Å². The Balaban J connectivity index is 2.58. The fourth-order valence-corrected chi connectivity index (χ4v) is 1.49. The highest BCUT2D eigenvalue weighted by molar-refractivity contribution is 7.17.